The molecule has 4 rings (SSSR count). The van der Waals surface area contributed by atoms with E-state index in [0.717, 1.165) is 5.56 Å². The van der Waals surface area contributed by atoms with E-state index in [4.69, 9.17) is 9.47 Å². The fourth-order valence-electron chi connectivity index (χ4n) is 3.72. The number of carbonyl (C=O) groups is 2. The zero-order chi connectivity index (χ0) is 17.7. The van der Waals surface area contributed by atoms with E-state index in [9.17, 15) is 14.0 Å². The molecule has 0 radical (unpaired) electrons. The van der Waals surface area contributed by atoms with E-state index in [2.05, 4.69) is 5.32 Å². The van der Waals surface area contributed by atoms with Gasteiger partial charge in [-0.25, -0.2) is 9.18 Å². The van der Waals surface area contributed by atoms with Gasteiger partial charge in [0, 0.05) is 33.2 Å². The van der Waals surface area contributed by atoms with Gasteiger partial charge in [-0.1, -0.05) is 0 Å². The number of benzene rings is 1. The molecule has 2 fully saturated rings. The van der Waals surface area contributed by atoms with E-state index in [1.807, 2.05) is 11.0 Å². The second kappa shape index (κ2) is 5.87. The number of ether oxygens (including phenoxy) is 2. The van der Waals surface area contributed by atoms with Gasteiger partial charge in [-0.15, -0.1) is 0 Å². The van der Waals surface area contributed by atoms with Crippen molar-refractivity contribution in [3.63, 3.8) is 0 Å². The van der Waals surface area contributed by atoms with Gasteiger partial charge in [0.25, 0.3) is 0 Å². The molecule has 1 aromatic carbocycles. The lowest BCUT2D eigenvalue weighted by Gasteiger charge is -2.40. The first-order valence-electron chi connectivity index (χ1n) is 8.32. The SMILES string of the molecule is COC1CN(c2cc3c(cc2F)N2C(=O)O[C@@H](CNC(C)=O)[C@@H]2C3)C1. The van der Waals surface area contributed by atoms with Crippen molar-refractivity contribution in [1.29, 1.82) is 0 Å². The van der Waals surface area contributed by atoms with E-state index >= 15 is 0 Å². The summed E-state index contributed by atoms with van der Waals surface area (Å²) in [4.78, 5) is 26.7. The highest BCUT2D eigenvalue weighted by Gasteiger charge is 2.48. The van der Waals surface area contributed by atoms with E-state index in [-0.39, 0.29) is 30.4 Å². The number of halogens is 1. The van der Waals surface area contributed by atoms with Crippen LogP contribution in [0.25, 0.3) is 0 Å². The average molecular weight is 349 g/mol. The number of cyclic esters (lactones) is 1. The van der Waals surface area contributed by atoms with Gasteiger partial charge in [-0.3, -0.25) is 9.69 Å². The van der Waals surface area contributed by atoms with Crippen molar-refractivity contribution in [2.45, 2.75) is 31.6 Å². The average Bonchev–Trinajstić information content (AvgIpc) is 3.02. The highest BCUT2D eigenvalue weighted by Crippen LogP contribution is 2.42. The maximum Gasteiger partial charge on any atom is 0.415 e. The predicted octanol–water partition coefficient (Wildman–Crippen LogP) is 1.05. The highest BCUT2D eigenvalue weighted by molar-refractivity contribution is 5.94. The maximum atomic E-state index is 14.6. The number of amides is 2. The summed E-state index contributed by atoms with van der Waals surface area (Å²) in [5, 5.41) is 2.68. The molecule has 1 N–H and O–H groups in total. The number of rotatable bonds is 4. The predicted molar refractivity (Wildman–Crippen MR) is 88.3 cm³/mol. The number of hydrogen-bond donors (Lipinski definition) is 1. The minimum Gasteiger partial charge on any atom is -0.442 e. The third-order valence-corrected chi connectivity index (χ3v) is 5.12. The number of nitrogens with one attached hydrogen (secondary N) is 1. The summed E-state index contributed by atoms with van der Waals surface area (Å²) >= 11 is 0. The molecule has 0 bridgehead atoms. The Morgan fingerprint density at radius 1 is 1.40 bits per heavy atom. The zero-order valence-electron chi connectivity index (χ0n) is 14.1. The van der Waals surface area contributed by atoms with Crippen molar-refractivity contribution in [3.8, 4) is 0 Å². The van der Waals surface area contributed by atoms with Crippen LogP contribution in [0, 0.1) is 5.82 Å². The Bertz CT molecular complexity index is 735. The van der Waals surface area contributed by atoms with Crippen LogP contribution in [0.5, 0.6) is 0 Å². The summed E-state index contributed by atoms with van der Waals surface area (Å²) in [7, 11) is 1.65. The van der Waals surface area contributed by atoms with Crippen molar-refractivity contribution >= 4 is 23.4 Å². The first-order valence-corrected chi connectivity index (χ1v) is 8.32. The van der Waals surface area contributed by atoms with Gasteiger partial charge in [0.05, 0.1) is 30.1 Å². The summed E-state index contributed by atoms with van der Waals surface area (Å²) in [6, 6.07) is 3.01. The van der Waals surface area contributed by atoms with Crippen LogP contribution in [0.2, 0.25) is 0 Å². The molecule has 0 aliphatic carbocycles. The molecule has 0 saturated carbocycles. The van der Waals surface area contributed by atoms with Crippen LogP contribution < -0.4 is 15.1 Å². The van der Waals surface area contributed by atoms with Gasteiger partial charge < -0.3 is 19.7 Å². The molecule has 0 unspecified atom stereocenters. The second-order valence-electron chi connectivity index (χ2n) is 6.70. The molecule has 134 valence electrons. The molecule has 3 aliphatic heterocycles. The fourth-order valence-corrected chi connectivity index (χ4v) is 3.72. The smallest absolute Gasteiger partial charge is 0.415 e. The summed E-state index contributed by atoms with van der Waals surface area (Å²) in [5.74, 6) is -0.532. The lowest BCUT2D eigenvalue weighted by atomic mass is 10.0. The number of hydrogen-bond acceptors (Lipinski definition) is 5. The molecule has 25 heavy (non-hydrogen) atoms. The molecular formula is C17H20FN3O4. The molecular weight excluding hydrogens is 329 g/mol. The molecule has 8 heteroatoms. The number of methoxy groups -OCH3 is 1. The molecule has 2 saturated heterocycles. The van der Waals surface area contributed by atoms with Crippen molar-refractivity contribution in [2.24, 2.45) is 0 Å². The highest BCUT2D eigenvalue weighted by atomic mass is 19.1. The molecule has 3 heterocycles. The largest absolute Gasteiger partial charge is 0.442 e. The monoisotopic (exact) mass is 349 g/mol. The van der Waals surface area contributed by atoms with Gasteiger partial charge in [0.15, 0.2) is 0 Å². The summed E-state index contributed by atoms with van der Waals surface area (Å²) in [5.41, 5.74) is 2.03. The summed E-state index contributed by atoms with van der Waals surface area (Å²) in [6.07, 6.45) is -0.209. The van der Waals surface area contributed by atoms with Crippen molar-refractivity contribution in [1.82, 2.24) is 5.32 Å². The van der Waals surface area contributed by atoms with E-state index < -0.39 is 12.2 Å². The van der Waals surface area contributed by atoms with Crippen LogP contribution >= 0.6 is 0 Å². The van der Waals surface area contributed by atoms with Crippen LogP contribution in [0.1, 0.15) is 12.5 Å². The zero-order valence-corrected chi connectivity index (χ0v) is 14.1. The Labute approximate surface area is 144 Å². The van der Waals surface area contributed by atoms with Gasteiger partial charge >= 0.3 is 6.09 Å². The number of fused-ring (bicyclic) bond motifs is 3. The topological polar surface area (TPSA) is 71.1 Å². The molecule has 0 aromatic heterocycles. The minimum absolute atomic E-state index is 0.132. The van der Waals surface area contributed by atoms with E-state index in [0.29, 0.717) is 30.9 Å². The van der Waals surface area contributed by atoms with Crippen molar-refractivity contribution < 1.29 is 23.5 Å². The lowest BCUT2D eigenvalue weighted by molar-refractivity contribution is -0.119. The quantitative estimate of drug-likeness (QED) is 0.880. The van der Waals surface area contributed by atoms with E-state index in [1.54, 1.807) is 7.11 Å². The molecule has 2 atom stereocenters. The Kier molecular flexibility index (Phi) is 3.79. The van der Waals surface area contributed by atoms with Gasteiger partial charge in [0.2, 0.25) is 5.91 Å². The maximum absolute atomic E-state index is 14.6. The number of anilines is 2. The first-order chi connectivity index (χ1) is 12.0. The van der Waals surface area contributed by atoms with Crippen LogP contribution in [-0.4, -0.2) is 57.0 Å². The van der Waals surface area contributed by atoms with Gasteiger partial charge in [0.1, 0.15) is 11.9 Å². The molecule has 7 nitrogen and oxygen atoms in total. The lowest BCUT2D eigenvalue weighted by Crippen LogP contribution is -2.52. The Hall–Kier alpha value is -2.35. The van der Waals surface area contributed by atoms with Crippen LogP contribution in [0.4, 0.5) is 20.6 Å². The molecule has 3 aliphatic rings. The summed E-state index contributed by atoms with van der Waals surface area (Å²) in [6.45, 7) is 2.99. The Morgan fingerprint density at radius 2 is 2.16 bits per heavy atom. The number of carbonyl (C=O) groups excluding carboxylic acids is 2. The fraction of sp³-hybridized carbons (Fsp3) is 0.529. The van der Waals surface area contributed by atoms with Crippen LogP contribution in [0.3, 0.4) is 0 Å². The molecule has 2 amide bonds. The standard InChI is InChI=1S/C17H20FN3O4/c1-9(22)19-6-16-15-4-10-3-14(20-7-11(8-20)24-2)12(18)5-13(10)21(15)17(23)25-16/h3,5,11,15-16H,4,6-8H2,1-2H3,(H,19,22)/t15-,16-/m0/s1. The van der Waals surface area contributed by atoms with E-state index in [1.165, 1.54) is 17.9 Å². The van der Waals surface area contributed by atoms with Gasteiger partial charge in [-0.05, 0) is 18.1 Å². The van der Waals surface area contributed by atoms with Crippen LogP contribution in [0.15, 0.2) is 12.1 Å². The van der Waals surface area contributed by atoms with Gasteiger partial charge in [-0.2, -0.15) is 0 Å². The van der Waals surface area contributed by atoms with Crippen molar-refractivity contribution in [2.75, 3.05) is 36.5 Å². The first kappa shape index (κ1) is 16.1. The summed E-state index contributed by atoms with van der Waals surface area (Å²) < 4.78 is 25.1. The third kappa shape index (κ3) is 2.60. The normalized spacial score (nSPS) is 24.7. The Balaban J connectivity index is 1.56. The third-order valence-electron chi connectivity index (χ3n) is 5.12. The molecule has 1 aromatic rings. The number of nitrogens with zero attached hydrogens (tertiary/aromatic N) is 2. The van der Waals surface area contributed by atoms with Crippen molar-refractivity contribution in [3.05, 3.63) is 23.5 Å². The molecule has 0 spiro atoms. The second-order valence-corrected chi connectivity index (χ2v) is 6.70. The Morgan fingerprint density at radius 3 is 2.84 bits per heavy atom. The minimum atomic E-state index is -0.491. The van der Waals surface area contributed by atoms with Crippen LogP contribution in [-0.2, 0) is 20.7 Å².